The number of ether oxygens (including phenoxy) is 1. The molecule has 0 unspecified atom stereocenters. The molecule has 1 aromatic heterocycles. The Balaban J connectivity index is 1.82. The van der Waals surface area contributed by atoms with Gasteiger partial charge in [-0.25, -0.2) is 0 Å². The minimum absolute atomic E-state index is 0.0991. The van der Waals surface area contributed by atoms with Crippen molar-refractivity contribution < 1.29 is 9.53 Å². The lowest BCUT2D eigenvalue weighted by atomic mass is 10.1. The van der Waals surface area contributed by atoms with Gasteiger partial charge in [0.15, 0.2) is 0 Å². The Morgan fingerprint density at radius 2 is 1.95 bits per heavy atom. The molecule has 7 nitrogen and oxygen atoms in total. The van der Waals surface area contributed by atoms with Crippen molar-refractivity contribution in [3.8, 4) is 0 Å². The Labute approximate surface area is 115 Å². The lowest BCUT2D eigenvalue weighted by molar-refractivity contribution is -0.141. The first-order chi connectivity index (χ1) is 9.03. The SMILES string of the molecule is COC(=O)CC1(CSCc2nc(N)nc(N)n2)CC1. The summed E-state index contributed by atoms with van der Waals surface area (Å²) in [6, 6.07) is 0. The average Bonchev–Trinajstić information content (AvgIpc) is 3.07. The van der Waals surface area contributed by atoms with E-state index in [0.29, 0.717) is 18.0 Å². The summed E-state index contributed by atoms with van der Waals surface area (Å²) in [5, 5.41) is 0. The third-order valence-electron chi connectivity index (χ3n) is 3.06. The molecule has 0 aromatic carbocycles. The van der Waals surface area contributed by atoms with Crippen LogP contribution < -0.4 is 11.5 Å². The first-order valence-electron chi connectivity index (χ1n) is 5.93. The standard InChI is InChI=1S/C11H17N5O2S/c1-18-8(17)4-11(2-3-11)6-19-5-7-14-9(12)16-10(13)15-7/h2-6H2,1H3,(H4,12,13,14,15,16). The lowest BCUT2D eigenvalue weighted by Crippen LogP contribution is -2.13. The van der Waals surface area contributed by atoms with E-state index in [1.807, 2.05) is 0 Å². The van der Waals surface area contributed by atoms with Crippen LogP contribution in [0.5, 0.6) is 0 Å². The van der Waals surface area contributed by atoms with Crippen molar-refractivity contribution in [1.82, 2.24) is 15.0 Å². The van der Waals surface area contributed by atoms with Gasteiger partial charge in [0.05, 0.1) is 19.3 Å². The van der Waals surface area contributed by atoms with E-state index in [9.17, 15) is 4.79 Å². The van der Waals surface area contributed by atoms with E-state index in [-0.39, 0.29) is 23.3 Å². The van der Waals surface area contributed by atoms with Crippen LogP contribution in [0.25, 0.3) is 0 Å². The van der Waals surface area contributed by atoms with Crippen LogP contribution in [-0.2, 0) is 15.3 Å². The molecule has 0 spiro atoms. The predicted molar refractivity (Wildman–Crippen MR) is 73.1 cm³/mol. The van der Waals surface area contributed by atoms with Gasteiger partial charge >= 0.3 is 5.97 Å². The maximum absolute atomic E-state index is 11.3. The van der Waals surface area contributed by atoms with Crippen LogP contribution in [-0.4, -0.2) is 33.8 Å². The number of esters is 1. The highest BCUT2D eigenvalue weighted by atomic mass is 32.2. The normalized spacial score (nSPS) is 16.1. The molecule has 4 N–H and O–H groups in total. The molecule has 104 valence electrons. The Hall–Kier alpha value is -1.57. The Morgan fingerprint density at radius 1 is 1.32 bits per heavy atom. The average molecular weight is 283 g/mol. The molecule has 0 bridgehead atoms. The van der Waals surface area contributed by atoms with E-state index in [1.54, 1.807) is 11.8 Å². The van der Waals surface area contributed by atoms with Crippen LogP contribution in [0.2, 0.25) is 0 Å². The van der Waals surface area contributed by atoms with Gasteiger partial charge in [0.25, 0.3) is 0 Å². The highest BCUT2D eigenvalue weighted by molar-refractivity contribution is 7.98. The first-order valence-corrected chi connectivity index (χ1v) is 7.09. The third-order valence-corrected chi connectivity index (χ3v) is 4.34. The van der Waals surface area contributed by atoms with Gasteiger partial charge in [0.2, 0.25) is 11.9 Å². The van der Waals surface area contributed by atoms with E-state index in [2.05, 4.69) is 15.0 Å². The van der Waals surface area contributed by atoms with Crippen LogP contribution in [0.15, 0.2) is 0 Å². The van der Waals surface area contributed by atoms with Crippen molar-refractivity contribution in [2.75, 3.05) is 24.3 Å². The molecule has 0 atom stereocenters. The van der Waals surface area contributed by atoms with E-state index >= 15 is 0 Å². The molecule has 0 radical (unpaired) electrons. The number of hydrogen-bond acceptors (Lipinski definition) is 8. The molecule has 2 rings (SSSR count). The van der Waals surface area contributed by atoms with Gasteiger partial charge in [-0.15, -0.1) is 0 Å². The zero-order chi connectivity index (χ0) is 13.9. The van der Waals surface area contributed by atoms with Crippen molar-refractivity contribution >= 4 is 29.6 Å². The summed E-state index contributed by atoms with van der Waals surface area (Å²) in [7, 11) is 1.42. The Morgan fingerprint density at radius 3 is 2.47 bits per heavy atom. The number of hydrogen-bond donors (Lipinski definition) is 2. The molecule has 1 fully saturated rings. The van der Waals surface area contributed by atoms with Crippen LogP contribution in [0.3, 0.4) is 0 Å². The van der Waals surface area contributed by atoms with Crippen molar-refractivity contribution in [1.29, 1.82) is 0 Å². The summed E-state index contributed by atoms with van der Waals surface area (Å²) >= 11 is 1.67. The number of nitrogens with zero attached hydrogens (tertiary/aromatic N) is 3. The van der Waals surface area contributed by atoms with Crippen LogP contribution in [0.4, 0.5) is 11.9 Å². The number of rotatable bonds is 6. The fourth-order valence-corrected chi connectivity index (χ4v) is 3.04. The molecular formula is C11H17N5O2S. The molecule has 0 saturated heterocycles. The van der Waals surface area contributed by atoms with Crippen LogP contribution in [0.1, 0.15) is 25.1 Å². The fraction of sp³-hybridized carbons (Fsp3) is 0.636. The number of thioether (sulfide) groups is 1. The van der Waals surface area contributed by atoms with Gasteiger partial charge in [-0.05, 0) is 24.0 Å². The maximum Gasteiger partial charge on any atom is 0.306 e. The summed E-state index contributed by atoms with van der Waals surface area (Å²) in [4.78, 5) is 23.0. The molecule has 1 aromatic rings. The summed E-state index contributed by atoms with van der Waals surface area (Å²) in [5.41, 5.74) is 11.1. The zero-order valence-corrected chi connectivity index (χ0v) is 11.6. The van der Waals surface area contributed by atoms with Crippen molar-refractivity contribution in [2.45, 2.75) is 25.0 Å². The van der Waals surface area contributed by atoms with E-state index in [1.165, 1.54) is 7.11 Å². The number of anilines is 2. The lowest BCUT2D eigenvalue weighted by Gasteiger charge is -2.12. The molecule has 1 heterocycles. The van der Waals surface area contributed by atoms with E-state index < -0.39 is 0 Å². The number of nitrogen functional groups attached to an aromatic ring is 2. The van der Waals surface area contributed by atoms with Crippen molar-refractivity contribution in [2.24, 2.45) is 5.41 Å². The smallest absolute Gasteiger partial charge is 0.306 e. The van der Waals surface area contributed by atoms with Crippen molar-refractivity contribution in [3.05, 3.63) is 5.82 Å². The topological polar surface area (TPSA) is 117 Å². The van der Waals surface area contributed by atoms with Gasteiger partial charge < -0.3 is 16.2 Å². The highest BCUT2D eigenvalue weighted by Crippen LogP contribution is 2.51. The second kappa shape index (κ2) is 5.60. The maximum atomic E-state index is 11.3. The van der Waals surface area contributed by atoms with Gasteiger partial charge in [0, 0.05) is 0 Å². The molecule has 1 saturated carbocycles. The highest BCUT2D eigenvalue weighted by Gasteiger charge is 2.44. The first kappa shape index (κ1) is 13.9. The van der Waals surface area contributed by atoms with Gasteiger partial charge in [-0.1, -0.05) is 0 Å². The van der Waals surface area contributed by atoms with Crippen LogP contribution >= 0.6 is 11.8 Å². The number of nitrogens with two attached hydrogens (primary N) is 2. The minimum atomic E-state index is -0.147. The molecule has 1 aliphatic rings. The Kier molecular flexibility index (Phi) is 4.08. The summed E-state index contributed by atoms with van der Waals surface area (Å²) in [5.74, 6) is 2.20. The fourth-order valence-electron chi connectivity index (χ4n) is 1.81. The minimum Gasteiger partial charge on any atom is -0.469 e. The monoisotopic (exact) mass is 283 g/mol. The number of methoxy groups -OCH3 is 1. The second-order valence-electron chi connectivity index (χ2n) is 4.71. The summed E-state index contributed by atoms with van der Waals surface area (Å²) < 4.78 is 4.71. The molecule has 19 heavy (non-hydrogen) atoms. The third kappa shape index (κ3) is 3.95. The second-order valence-corrected chi connectivity index (χ2v) is 5.70. The zero-order valence-electron chi connectivity index (χ0n) is 10.8. The number of aromatic nitrogens is 3. The predicted octanol–water partition coefficient (Wildman–Crippen LogP) is 0.612. The van der Waals surface area contributed by atoms with Gasteiger partial charge in [-0.2, -0.15) is 26.7 Å². The molecular weight excluding hydrogens is 266 g/mol. The van der Waals surface area contributed by atoms with Gasteiger partial charge in [-0.3, -0.25) is 4.79 Å². The molecule has 8 heteroatoms. The molecule has 0 amide bonds. The van der Waals surface area contributed by atoms with Crippen LogP contribution in [0, 0.1) is 5.41 Å². The quantitative estimate of drug-likeness (QED) is 0.729. The van der Waals surface area contributed by atoms with Gasteiger partial charge in [0.1, 0.15) is 5.82 Å². The molecule has 1 aliphatic carbocycles. The van der Waals surface area contributed by atoms with Crippen molar-refractivity contribution in [3.63, 3.8) is 0 Å². The van der Waals surface area contributed by atoms with E-state index in [0.717, 1.165) is 18.6 Å². The number of carbonyl (C=O) groups excluding carboxylic acids is 1. The largest absolute Gasteiger partial charge is 0.469 e. The van der Waals surface area contributed by atoms with E-state index in [4.69, 9.17) is 16.2 Å². The number of carbonyl (C=O) groups is 1. The molecule has 0 aliphatic heterocycles. The Bertz CT molecular complexity index is 458. The summed E-state index contributed by atoms with van der Waals surface area (Å²) in [6.45, 7) is 0. The summed E-state index contributed by atoms with van der Waals surface area (Å²) in [6.07, 6.45) is 2.62.